The van der Waals surface area contributed by atoms with Crippen LogP contribution in [0.15, 0.2) is 24.4 Å². The first-order valence-electron chi connectivity index (χ1n) is 6.49. The lowest BCUT2D eigenvalue weighted by Crippen LogP contribution is -2.21. The Hall–Kier alpha value is -2.70. The third-order valence-electron chi connectivity index (χ3n) is 2.78. The van der Waals surface area contributed by atoms with Crippen molar-refractivity contribution in [2.45, 2.75) is 27.3 Å². The minimum Gasteiger partial charge on any atom is -0.324 e. The molecule has 0 fully saturated rings. The highest BCUT2D eigenvalue weighted by Gasteiger charge is 2.08. The highest BCUT2D eigenvalue weighted by atomic mass is 16.2. The van der Waals surface area contributed by atoms with Crippen LogP contribution in [0.2, 0.25) is 0 Å². The number of benzene rings is 1. The maximum absolute atomic E-state index is 12.0. The van der Waals surface area contributed by atoms with E-state index in [4.69, 9.17) is 0 Å². The highest BCUT2D eigenvalue weighted by Crippen LogP contribution is 2.15. The van der Waals surface area contributed by atoms with Gasteiger partial charge in [0.05, 0.1) is 6.20 Å². The van der Waals surface area contributed by atoms with Gasteiger partial charge in [-0.2, -0.15) is 9.90 Å². The van der Waals surface area contributed by atoms with E-state index >= 15 is 0 Å². The molecule has 21 heavy (non-hydrogen) atoms. The Labute approximate surface area is 122 Å². The van der Waals surface area contributed by atoms with Crippen LogP contribution in [0.3, 0.4) is 0 Å². The van der Waals surface area contributed by atoms with Gasteiger partial charge in [0.1, 0.15) is 6.54 Å². The molecule has 110 valence electrons. The summed E-state index contributed by atoms with van der Waals surface area (Å²) in [5, 5.41) is 13.2. The fourth-order valence-corrected chi connectivity index (χ4v) is 1.88. The Kier molecular flexibility index (Phi) is 4.32. The van der Waals surface area contributed by atoms with Gasteiger partial charge in [-0.05, 0) is 25.5 Å². The van der Waals surface area contributed by atoms with Gasteiger partial charge in [-0.15, -0.1) is 5.10 Å². The lowest BCUT2D eigenvalue weighted by molar-refractivity contribution is -0.117. The van der Waals surface area contributed by atoms with Gasteiger partial charge in [-0.25, -0.2) is 0 Å². The Balaban J connectivity index is 1.98. The Morgan fingerprint density at radius 3 is 2.67 bits per heavy atom. The highest BCUT2D eigenvalue weighted by molar-refractivity contribution is 5.91. The first-order valence-corrected chi connectivity index (χ1v) is 6.49. The second-order valence-electron chi connectivity index (χ2n) is 4.81. The Morgan fingerprint density at radius 2 is 2.00 bits per heavy atom. The smallest absolute Gasteiger partial charge is 0.247 e. The second-order valence-corrected chi connectivity index (χ2v) is 4.81. The van der Waals surface area contributed by atoms with E-state index in [1.54, 1.807) is 0 Å². The van der Waals surface area contributed by atoms with Crippen LogP contribution in [0, 0.1) is 13.8 Å². The van der Waals surface area contributed by atoms with Crippen molar-refractivity contribution in [3.05, 3.63) is 35.5 Å². The zero-order valence-electron chi connectivity index (χ0n) is 12.2. The van der Waals surface area contributed by atoms with Gasteiger partial charge in [-0.1, -0.05) is 17.7 Å². The molecule has 7 nitrogen and oxygen atoms in total. The largest absolute Gasteiger partial charge is 0.324 e. The summed E-state index contributed by atoms with van der Waals surface area (Å²) in [6.45, 7) is 5.29. The topological polar surface area (TPSA) is 88.9 Å². The number of rotatable bonds is 4. The average Bonchev–Trinajstić information content (AvgIpc) is 2.79. The zero-order chi connectivity index (χ0) is 15.4. The van der Waals surface area contributed by atoms with Gasteiger partial charge < -0.3 is 10.6 Å². The molecule has 0 atom stereocenters. The summed E-state index contributed by atoms with van der Waals surface area (Å²) in [6.07, 6.45) is 1.39. The van der Waals surface area contributed by atoms with Gasteiger partial charge in [0.15, 0.2) is 5.82 Å². The third kappa shape index (κ3) is 4.13. The third-order valence-corrected chi connectivity index (χ3v) is 2.78. The van der Waals surface area contributed by atoms with Gasteiger partial charge in [0.2, 0.25) is 11.8 Å². The molecule has 0 spiro atoms. The number of amides is 2. The van der Waals surface area contributed by atoms with Crippen molar-refractivity contribution in [1.29, 1.82) is 0 Å². The van der Waals surface area contributed by atoms with Crippen LogP contribution in [0.25, 0.3) is 0 Å². The molecule has 0 aliphatic rings. The van der Waals surface area contributed by atoms with E-state index in [0.29, 0.717) is 5.82 Å². The van der Waals surface area contributed by atoms with E-state index < -0.39 is 0 Å². The standard InChI is InChI=1S/C14H17N5O2/c1-9-4-5-12(10(2)6-9)17-14(21)8-19-15-7-13(18-19)16-11(3)20/h4-7H,8H2,1-3H3,(H,17,21)(H,16,18,20). The van der Waals surface area contributed by atoms with Gasteiger partial charge in [0, 0.05) is 12.6 Å². The van der Waals surface area contributed by atoms with Crippen LogP contribution in [0.1, 0.15) is 18.1 Å². The SMILES string of the molecule is CC(=O)Nc1cnn(CC(=O)Nc2ccc(C)cc2C)n1. The van der Waals surface area contributed by atoms with Crippen molar-refractivity contribution in [2.75, 3.05) is 10.6 Å². The molecule has 1 aromatic carbocycles. The minimum atomic E-state index is -0.234. The Bertz CT molecular complexity index is 678. The molecule has 2 N–H and O–H groups in total. The van der Waals surface area contributed by atoms with E-state index in [0.717, 1.165) is 16.8 Å². The number of aromatic nitrogens is 3. The summed E-state index contributed by atoms with van der Waals surface area (Å²) >= 11 is 0. The summed E-state index contributed by atoms with van der Waals surface area (Å²) in [4.78, 5) is 24.1. The number of hydrogen-bond acceptors (Lipinski definition) is 4. The zero-order valence-corrected chi connectivity index (χ0v) is 12.2. The fraction of sp³-hybridized carbons (Fsp3) is 0.286. The fourth-order valence-electron chi connectivity index (χ4n) is 1.88. The molecule has 0 radical (unpaired) electrons. The molecule has 1 aromatic heterocycles. The lowest BCUT2D eigenvalue weighted by Gasteiger charge is -2.08. The molecular weight excluding hydrogens is 270 g/mol. The molecule has 2 amide bonds. The summed E-state index contributed by atoms with van der Waals surface area (Å²) in [5.74, 6) is -0.143. The molecule has 0 aliphatic heterocycles. The van der Waals surface area contributed by atoms with Crippen molar-refractivity contribution >= 4 is 23.3 Å². The van der Waals surface area contributed by atoms with Crippen LogP contribution < -0.4 is 10.6 Å². The monoisotopic (exact) mass is 287 g/mol. The predicted molar refractivity (Wildman–Crippen MR) is 78.9 cm³/mol. The van der Waals surface area contributed by atoms with E-state index in [1.165, 1.54) is 17.9 Å². The number of anilines is 2. The van der Waals surface area contributed by atoms with Crippen LogP contribution in [-0.4, -0.2) is 26.8 Å². The van der Waals surface area contributed by atoms with Gasteiger partial charge >= 0.3 is 0 Å². The van der Waals surface area contributed by atoms with Crippen LogP contribution in [0.4, 0.5) is 11.5 Å². The number of carbonyl (C=O) groups excluding carboxylic acids is 2. The number of nitrogens with zero attached hydrogens (tertiary/aromatic N) is 3. The summed E-state index contributed by atoms with van der Waals surface area (Å²) in [7, 11) is 0. The number of aryl methyl sites for hydroxylation is 2. The molecule has 0 saturated heterocycles. The van der Waals surface area contributed by atoms with E-state index in [9.17, 15) is 9.59 Å². The lowest BCUT2D eigenvalue weighted by atomic mass is 10.1. The summed E-state index contributed by atoms with van der Waals surface area (Å²) in [5.41, 5.74) is 2.90. The van der Waals surface area contributed by atoms with Crippen LogP contribution in [-0.2, 0) is 16.1 Å². The molecule has 2 aromatic rings. The normalized spacial score (nSPS) is 10.2. The van der Waals surface area contributed by atoms with Gasteiger partial charge in [0.25, 0.3) is 0 Å². The van der Waals surface area contributed by atoms with Crippen molar-refractivity contribution in [3.63, 3.8) is 0 Å². The van der Waals surface area contributed by atoms with Crippen LogP contribution in [0.5, 0.6) is 0 Å². The molecule has 0 aliphatic carbocycles. The predicted octanol–water partition coefficient (Wildman–Crippen LogP) is 1.49. The van der Waals surface area contributed by atoms with E-state index in [1.807, 2.05) is 32.0 Å². The molecule has 0 unspecified atom stereocenters. The summed E-state index contributed by atoms with van der Waals surface area (Å²) in [6, 6.07) is 5.79. The maximum Gasteiger partial charge on any atom is 0.247 e. The van der Waals surface area contributed by atoms with Crippen molar-refractivity contribution in [3.8, 4) is 0 Å². The van der Waals surface area contributed by atoms with Crippen molar-refractivity contribution in [1.82, 2.24) is 15.0 Å². The first-order chi connectivity index (χ1) is 9.94. The second kappa shape index (κ2) is 6.17. The Morgan fingerprint density at radius 1 is 1.24 bits per heavy atom. The van der Waals surface area contributed by atoms with E-state index in [-0.39, 0.29) is 18.4 Å². The molecule has 2 rings (SSSR count). The molecule has 0 saturated carbocycles. The van der Waals surface area contributed by atoms with E-state index in [2.05, 4.69) is 20.8 Å². The maximum atomic E-state index is 12.0. The van der Waals surface area contributed by atoms with Crippen molar-refractivity contribution in [2.24, 2.45) is 0 Å². The number of hydrogen-bond donors (Lipinski definition) is 2. The van der Waals surface area contributed by atoms with Crippen LogP contribution >= 0.6 is 0 Å². The van der Waals surface area contributed by atoms with Crippen molar-refractivity contribution < 1.29 is 9.59 Å². The summed E-state index contributed by atoms with van der Waals surface area (Å²) < 4.78 is 0. The average molecular weight is 287 g/mol. The number of carbonyl (C=O) groups is 2. The molecule has 7 heteroatoms. The quantitative estimate of drug-likeness (QED) is 0.891. The van der Waals surface area contributed by atoms with Gasteiger partial charge in [-0.3, -0.25) is 9.59 Å². The molecule has 1 heterocycles. The first kappa shape index (κ1) is 14.7. The molecular formula is C14H17N5O2. The number of nitrogens with one attached hydrogen (secondary N) is 2. The molecule has 0 bridgehead atoms. The minimum absolute atomic E-state index is 0.0209.